The molecule has 0 saturated carbocycles. The lowest BCUT2D eigenvalue weighted by Crippen LogP contribution is -2.47. The zero-order chi connectivity index (χ0) is 19.3. The molecule has 146 valence electrons. The van der Waals surface area contributed by atoms with Crippen LogP contribution in [0.15, 0.2) is 59.0 Å². The molecule has 0 atom stereocenters. The minimum absolute atomic E-state index is 0.153. The third-order valence-electron chi connectivity index (χ3n) is 5.15. The molecular weight excluding hydrogens is 374 g/mol. The molecule has 0 unspecified atom stereocenters. The maximum atomic E-state index is 12.3. The predicted octanol–water partition coefficient (Wildman–Crippen LogP) is 4.03. The van der Waals surface area contributed by atoms with Gasteiger partial charge >= 0.3 is 0 Å². The Hall–Kier alpha value is -2.50. The Morgan fingerprint density at radius 1 is 1.04 bits per heavy atom. The molecule has 1 aliphatic rings. The molecule has 0 radical (unpaired) electrons. The van der Waals surface area contributed by atoms with E-state index in [1.807, 2.05) is 42.5 Å². The van der Waals surface area contributed by atoms with E-state index < -0.39 is 0 Å². The summed E-state index contributed by atoms with van der Waals surface area (Å²) in [6.07, 6.45) is 0.915. The summed E-state index contributed by atoms with van der Waals surface area (Å²) in [6, 6.07) is 17.4. The topological polar surface area (TPSA) is 48.7 Å². The maximum absolute atomic E-state index is 12.3. The molecule has 28 heavy (non-hydrogen) atoms. The summed E-state index contributed by atoms with van der Waals surface area (Å²) >= 11 is 6.30. The monoisotopic (exact) mass is 397 g/mol. The van der Waals surface area contributed by atoms with Crippen molar-refractivity contribution in [2.45, 2.75) is 6.42 Å². The number of amides is 1. The number of para-hydroxylation sites is 2. The highest BCUT2D eigenvalue weighted by atomic mass is 35.5. The van der Waals surface area contributed by atoms with E-state index in [2.05, 4.69) is 21.2 Å². The minimum atomic E-state index is -0.153. The van der Waals surface area contributed by atoms with E-state index in [1.165, 1.54) is 0 Å². The number of hydrogen-bond donors (Lipinski definition) is 1. The lowest BCUT2D eigenvalue weighted by molar-refractivity contribution is 0.0926. The highest BCUT2D eigenvalue weighted by Crippen LogP contribution is 2.26. The van der Waals surface area contributed by atoms with Crippen LogP contribution in [-0.2, 0) is 0 Å². The van der Waals surface area contributed by atoms with Crippen molar-refractivity contribution in [2.75, 3.05) is 44.2 Å². The fraction of sp³-hybridized carbons (Fsp3) is 0.318. The maximum Gasteiger partial charge on any atom is 0.287 e. The van der Waals surface area contributed by atoms with Crippen molar-refractivity contribution in [3.8, 4) is 0 Å². The lowest BCUT2D eigenvalue weighted by atomic mass is 10.2. The van der Waals surface area contributed by atoms with Gasteiger partial charge in [-0.2, -0.15) is 0 Å². The van der Waals surface area contributed by atoms with E-state index >= 15 is 0 Å². The Morgan fingerprint density at radius 3 is 2.57 bits per heavy atom. The van der Waals surface area contributed by atoms with Crippen LogP contribution in [-0.4, -0.2) is 50.1 Å². The first-order valence-corrected chi connectivity index (χ1v) is 10.1. The van der Waals surface area contributed by atoms with Gasteiger partial charge in [-0.25, -0.2) is 0 Å². The van der Waals surface area contributed by atoms with E-state index in [-0.39, 0.29) is 5.91 Å². The van der Waals surface area contributed by atoms with Crippen LogP contribution in [0, 0.1) is 0 Å². The molecule has 6 heteroatoms. The fourth-order valence-corrected chi connectivity index (χ4v) is 3.86. The number of rotatable bonds is 6. The Labute approximate surface area is 169 Å². The second-order valence-electron chi connectivity index (χ2n) is 7.04. The molecule has 0 spiro atoms. The van der Waals surface area contributed by atoms with E-state index in [0.29, 0.717) is 12.3 Å². The van der Waals surface area contributed by atoms with Gasteiger partial charge in [-0.15, -0.1) is 0 Å². The smallest absolute Gasteiger partial charge is 0.287 e. The van der Waals surface area contributed by atoms with Gasteiger partial charge < -0.3 is 14.6 Å². The van der Waals surface area contributed by atoms with Crippen molar-refractivity contribution >= 4 is 34.2 Å². The van der Waals surface area contributed by atoms with E-state index in [9.17, 15) is 4.79 Å². The Kier molecular flexibility index (Phi) is 5.84. The molecule has 1 aromatic heterocycles. The number of furan rings is 1. The Morgan fingerprint density at radius 2 is 1.79 bits per heavy atom. The van der Waals surface area contributed by atoms with Crippen LogP contribution >= 0.6 is 11.6 Å². The average molecular weight is 398 g/mol. The molecule has 0 bridgehead atoms. The number of nitrogens with zero attached hydrogens (tertiary/aromatic N) is 2. The standard InChI is InChI=1S/C22H24ClN3O2/c23-18-7-2-3-8-19(18)26-14-12-25(13-15-26)11-5-10-24-22(27)21-16-17-6-1-4-9-20(17)28-21/h1-4,6-9,16H,5,10-15H2,(H,24,27). The van der Waals surface area contributed by atoms with E-state index in [1.54, 1.807) is 6.07 Å². The third kappa shape index (κ3) is 4.32. The molecule has 1 saturated heterocycles. The summed E-state index contributed by atoms with van der Waals surface area (Å²) in [4.78, 5) is 17.0. The summed E-state index contributed by atoms with van der Waals surface area (Å²) < 4.78 is 5.60. The first kappa shape index (κ1) is 18.8. The average Bonchev–Trinajstić information content (AvgIpc) is 3.16. The second kappa shape index (κ2) is 8.67. The van der Waals surface area contributed by atoms with Crippen LogP contribution in [0.4, 0.5) is 5.69 Å². The quantitative estimate of drug-likeness (QED) is 0.638. The molecular formula is C22H24ClN3O2. The van der Waals surface area contributed by atoms with Crippen LogP contribution in [0.25, 0.3) is 11.0 Å². The van der Waals surface area contributed by atoms with Gasteiger partial charge in [-0.3, -0.25) is 9.69 Å². The fourth-order valence-electron chi connectivity index (χ4n) is 3.61. The van der Waals surface area contributed by atoms with Gasteiger partial charge in [0.25, 0.3) is 5.91 Å². The van der Waals surface area contributed by atoms with Crippen LogP contribution in [0.3, 0.4) is 0 Å². The second-order valence-corrected chi connectivity index (χ2v) is 7.45. The number of benzene rings is 2. The van der Waals surface area contributed by atoms with Gasteiger partial charge in [0.2, 0.25) is 0 Å². The van der Waals surface area contributed by atoms with Gasteiger partial charge in [0.1, 0.15) is 5.58 Å². The molecule has 1 N–H and O–H groups in total. The summed E-state index contributed by atoms with van der Waals surface area (Å²) in [5, 5.41) is 4.71. The van der Waals surface area contributed by atoms with Crippen LogP contribution in [0.2, 0.25) is 5.02 Å². The third-order valence-corrected chi connectivity index (χ3v) is 5.47. The van der Waals surface area contributed by atoms with Gasteiger partial charge in [0.15, 0.2) is 5.76 Å². The highest BCUT2D eigenvalue weighted by molar-refractivity contribution is 6.33. The van der Waals surface area contributed by atoms with Crippen LogP contribution in [0.5, 0.6) is 0 Å². The van der Waals surface area contributed by atoms with E-state index in [4.69, 9.17) is 16.0 Å². The van der Waals surface area contributed by atoms with Crippen molar-refractivity contribution in [1.29, 1.82) is 0 Å². The number of fused-ring (bicyclic) bond motifs is 1. The van der Waals surface area contributed by atoms with Gasteiger partial charge in [0.05, 0.1) is 10.7 Å². The first-order valence-electron chi connectivity index (χ1n) is 9.69. The Bertz CT molecular complexity index is 915. The number of piperazine rings is 1. The first-order chi connectivity index (χ1) is 13.7. The number of hydrogen-bond acceptors (Lipinski definition) is 4. The normalized spacial score (nSPS) is 15.1. The van der Waals surface area contributed by atoms with Gasteiger partial charge in [0, 0.05) is 38.1 Å². The summed E-state index contributed by atoms with van der Waals surface area (Å²) in [5.74, 6) is 0.217. The Balaban J connectivity index is 1.19. The molecule has 0 aliphatic carbocycles. The number of carbonyl (C=O) groups is 1. The highest BCUT2D eigenvalue weighted by Gasteiger charge is 2.18. The molecule has 5 nitrogen and oxygen atoms in total. The number of halogens is 1. The van der Waals surface area contributed by atoms with Crippen molar-refractivity contribution in [3.63, 3.8) is 0 Å². The van der Waals surface area contributed by atoms with E-state index in [0.717, 1.165) is 60.8 Å². The molecule has 4 rings (SSSR count). The van der Waals surface area contributed by atoms with Crippen molar-refractivity contribution in [3.05, 3.63) is 65.4 Å². The molecule has 1 aliphatic heterocycles. The van der Waals surface area contributed by atoms with Gasteiger partial charge in [-0.1, -0.05) is 41.9 Å². The van der Waals surface area contributed by atoms with Crippen molar-refractivity contribution in [1.82, 2.24) is 10.2 Å². The predicted molar refractivity (Wildman–Crippen MR) is 113 cm³/mol. The summed E-state index contributed by atoms with van der Waals surface area (Å²) in [5.41, 5.74) is 1.85. The van der Waals surface area contributed by atoms with Crippen molar-refractivity contribution in [2.24, 2.45) is 0 Å². The SMILES string of the molecule is O=C(NCCCN1CCN(c2ccccc2Cl)CC1)c1cc2ccccc2o1. The minimum Gasteiger partial charge on any atom is -0.451 e. The summed E-state index contributed by atoms with van der Waals surface area (Å²) in [7, 11) is 0. The molecule has 1 amide bonds. The largest absolute Gasteiger partial charge is 0.451 e. The lowest BCUT2D eigenvalue weighted by Gasteiger charge is -2.36. The number of nitrogens with one attached hydrogen (secondary N) is 1. The van der Waals surface area contributed by atoms with Gasteiger partial charge in [-0.05, 0) is 37.2 Å². The molecule has 2 aromatic carbocycles. The van der Waals surface area contributed by atoms with Crippen LogP contribution in [0.1, 0.15) is 17.0 Å². The number of anilines is 1. The summed E-state index contributed by atoms with van der Waals surface area (Å²) in [6.45, 7) is 5.55. The molecule has 2 heterocycles. The molecule has 1 fully saturated rings. The van der Waals surface area contributed by atoms with Crippen LogP contribution < -0.4 is 10.2 Å². The van der Waals surface area contributed by atoms with Crippen molar-refractivity contribution < 1.29 is 9.21 Å². The zero-order valence-electron chi connectivity index (χ0n) is 15.7. The molecule has 3 aromatic rings. The zero-order valence-corrected chi connectivity index (χ0v) is 16.5. The number of carbonyl (C=O) groups excluding carboxylic acids is 1.